The highest BCUT2D eigenvalue weighted by molar-refractivity contribution is 7.14. The topological polar surface area (TPSA) is 45.2 Å². The molecule has 2 aliphatic rings. The fourth-order valence-electron chi connectivity index (χ4n) is 4.15. The van der Waals surface area contributed by atoms with Gasteiger partial charge in [0.15, 0.2) is 5.13 Å². The normalized spacial score (nSPS) is 19.8. The van der Waals surface area contributed by atoms with Crippen molar-refractivity contribution in [1.82, 2.24) is 10.3 Å². The fraction of sp³-hybridized carbons (Fsp3) is 0.565. The molecular formula is C23H30F3N3OS. The van der Waals surface area contributed by atoms with Crippen molar-refractivity contribution in [3.63, 3.8) is 0 Å². The Labute approximate surface area is 185 Å². The number of nitrogens with zero attached hydrogens (tertiary/aromatic N) is 2. The van der Waals surface area contributed by atoms with Crippen LogP contribution in [0.4, 0.5) is 18.3 Å². The van der Waals surface area contributed by atoms with Crippen molar-refractivity contribution in [1.29, 1.82) is 0 Å². The molecule has 1 N–H and O–H groups in total. The van der Waals surface area contributed by atoms with Crippen molar-refractivity contribution >= 4 is 22.8 Å². The van der Waals surface area contributed by atoms with Gasteiger partial charge < -0.3 is 10.2 Å². The third-order valence-electron chi connectivity index (χ3n) is 6.16. The summed E-state index contributed by atoms with van der Waals surface area (Å²) < 4.78 is 31.2. The molecule has 170 valence electrons. The third kappa shape index (κ3) is 5.66. The van der Waals surface area contributed by atoms with Crippen LogP contribution in [-0.4, -0.2) is 43.6 Å². The summed E-state index contributed by atoms with van der Waals surface area (Å²) in [5.74, 6) is 0. The Hall–Kier alpha value is -1.93. The predicted molar refractivity (Wildman–Crippen MR) is 120 cm³/mol. The second-order valence-corrected chi connectivity index (χ2v) is 10.3. The molecule has 4 nitrogen and oxygen atoms in total. The van der Waals surface area contributed by atoms with Crippen LogP contribution in [0.25, 0.3) is 11.3 Å². The van der Waals surface area contributed by atoms with Gasteiger partial charge in [0.2, 0.25) is 6.29 Å². The molecule has 0 spiro atoms. The van der Waals surface area contributed by atoms with Gasteiger partial charge in [-0.1, -0.05) is 39.8 Å². The van der Waals surface area contributed by atoms with Gasteiger partial charge in [-0.05, 0) is 40.9 Å². The lowest BCUT2D eigenvalue weighted by molar-refractivity contribution is -0.156. The number of hydrogen-bond donors (Lipinski definition) is 1. The standard InChI is InChI=1S/C21H29N3S.C2HF3O/c1-20(2)7-8-21(3,4)17-13-15(5-6-16(17)20)18-14-25-19(23-18)24-11-9-22-10-12-24;3-2(4,5)1-6/h5-6,13-14,22H,7-12H2,1-4H3;1H. The summed E-state index contributed by atoms with van der Waals surface area (Å²) >= 11 is 1.78. The molecule has 0 atom stereocenters. The van der Waals surface area contributed by atoms with Gasteiger partial charge in [0, 0.05) is 37.1 Å². The Bertz CT molecular complexity index is 915. The molecular weight excluding hydrogens is 423 g/mol. The van der Waals surface area contributed by atoms with Crippen LogP contribution in [0.2, 0.25) is 0 Å². The van der Waals surface area contributed by atoms with Crippen molar-refractivity contribution < 1.29 is 18.0 Å². The quantitative estimate of drug-likeness (QED) is 0.626. The number of alkyl halides is 3. The molecule has 0 amide bonds. The minimum absolute atomic E-state index is 0.248. The monoisotopic (exact) mass is 453 g/mol. The Kier molecular flexibility index (Phi) is 6.81. The first-order valence-corrected chi connectivity index (χ1v) is 11.4. The summed E-state index contributed by atoms with van der Waals surface area (Å²) in [6.07, 6.45) is -3.19. The maximum absolute atomic E-state index is 10.4. The van der Waals surface area contributed by atoms with Gasteiger partial charge in [-0.25, -0.2) is 4.98 Å². The van der Waals surface area contributed by atoms with Gasteiger partial charge >= 0.3 is 6.18 Å². The van der Waals surface area contributed by atoms with E-state index in [1.54, 1.807) is 11.3 Å². The zero-order valence-corrected chi connectivity index (χ0v) is 19.3. The SMILES string of the molecule is CC1(C)CCC(C)(C)c2cc(-c3csc(N4CCNCC4)n3)ccc21.O=CC(F)(F)F. The second-order valence-electron chi connectivity index (χ2n) is 9.44. The van der Waals surface area contributed by atoms with Crippen molar-refractivity contribution in [2.24, 2.45) is 0 Å². The van der Waals surface area contributed by atoms with Crippen LogP contribution in [0.1, 0.15) is 51.7 Å². The van der Waals surface area contributed by atoms with E-state index in [2.05, 4.69) is 61.5 Å². The first-order valence-electron chi connectivity index (χ1n) is 10.5. The summed E-state index contributed by atoms with van der Waals surface area (Å²) in [5.41, 5.74) is 5.95. The number of piperazine rings is 1. The minimum atomic E-state index is -4.64. The van der Waals surface area contributed by atoms with Crippen molar-refractivity contribution in [2.45, 2.75) is 57.5 Å². The molecule has 8 heteroatoms. The average Bonchev–Trinajstić information content (AvgIpc) is 3.22. The van der Waals surface area contributed by atoms with Gasteiger partial charge in [0.1, 0.15) is 0 Å². The van der Waals surface area contributed by atoms with E-state index in [0.717, 1.165) is 37.0 Å². The van der Waals surface area contributed by atoms with Crippen molar-refractivity contribution in [2.75, 3.05) is 31.1 Å². The van der Waals surface area contributed by atoms with E-state index < -0.39 is 12.5 Å². The number of aldehydes is 1. The molecule has 0 unspecified atom stereocenters. The number of fused-ring (bicyclic) bond motifs is 1. The van der Waals surface area contributed by atoms with E-state index >= 15 is 0 Å². The number of nitrogens with one attached hydrogen (secondary N) is 1. The number of hydrogen-bond acceptors (Lipinski definition) is 5. The van der Waals surface area contributed by atoms with Gasteiger partial charge in [0.25, 0.3) is 0 Å². The number of carbonyl (C=O) groups is 1. The lowest BCUT2D eigenvalue weighted by Crippen LogP contribution is -2.43. The molecule has 0 bridgehead atoms. The number of halogens is 3. The maximum Gasteiger partial charge on any atom is 0.446 e. The summed E-state index contributed by atoms with van der Waals surface area (Å²) in [6, 6.07) is 7.04. The van der Waals surface area contributed by atoms with Crippen LogP contribution in [-0.2, 0) is 15.6 Å². The van der Waals surface area contributed by atoms with E-state index in [0.29, 0.717) is 0 Å². The number of thiazole rings is 1. The highest BCUT2D eigenvalue weighted by atomic mass is 32.1. The highest BCUT2D eigenvalue weighted by Crippen LogP contribution is 2.46. The lowest BCUT2D eigenvalue weighted by atomic mass is 9.63. The number of aromatic nitrogens is 1. The molecule has 1 fully saturated rings. The first kappa shape index (κ1) is 23.7. The molecule has 1 aliphatic carbocycles. The van der Waals surface area contributed by atoms with E-state index in [9.17, 15) is 13.2 Å². The van der Waals surface area contributed by atoms with Gasteiger partial charge in [-0.3, -0.25) is 4.79 Å². The molecule has 1 saturated heterocycles. The average molecular weight is 454 g/mol. The fourth-order valence-corrected chi connectivity index (χ4v) is 5.03. The number of carbonyl (C=O) groups excluding carboxylic acids is 1. The first-order chi connectivity index (χ1) is 14.4. The summed E-state index contributed by atoms with van der Waals surface area (Å²) in [4.78, 5) is 16.1. The molecule has 0 saturated carbocycles. The second kappa shape index (κ2) is 8.90. The Morgan fingerprint density at radius 2 is 1.65 bits per heavy atom. The predicted octanol–water partition coefficient (Wildman–Crippen LogP) is 5.32. The molecule has 4 rings (SSSR count). The molecule has 0 radical (unpaired) electrons. The molecule has 1 aromatic heterocycles. The Morgan fingerprint density at radius 1 is 1.06 bits per heavy atom. The van der Waals surface area contributed by atoms with Gasteiger partial charge in [-0.2, -0.15) is 13.2 Å². The molecule has 31 heavy (non-hydrogen) atoms. The third-order valence-corrected chi connectivity index (χ3v) is 7.06. The van der Waals surface area contributed by atoms with Gasteiger partial charge in [0.05, 0.1) is 5.69 Å². The molecule has 2 heterocycles. The van der Waals surface area contributed by atoms with E-state index in [4.69, 9.17) is 9.78 Å². The number of benzene rings is 1. The molecule has 2 aromatic rings. The summed E-state index contributed by atoms with van der Waals surface area (Å²) in [7, 11) is 0. The van der Waals surface area contributed by atoms with Crippen molar-refractivity contribution in [3.8, 4) is 11.3 Å². The smallest absolute Gasteiger partial charge is 0.346 e. The Balaban J connectivity index is 0.000000401. The van der Waals surface area contributed by atoms with Crippen molar-refractivity contribution in [3.05, 3.63) is 34.7 Å². The zero-order valence-electron chi connectivity index (χ0n) is 18.5. The molecule has 1 aliphatic heterocycles. The highest BCUT2D eigenvalue weighted by Gasteiger charge is 2.37. The minimum Gasteiger partial charge on any atom is -0.346 e. The van der Waals surface area contributed by atoms with Crippen LogP contribution in [0.15, 0.2) is 23.6 Å². The van der Waals surface area contributed by atoms with Crippen LogP contribution < -0.4 is 10.2 Å². The van der Waals surface area contributed by atoms with Gasteiger partial charge in [-0.15, -0.1) is 11.3 Å². The van der Waals surface area contributed by atoms with E-state index in [1.807, 2.05) is 0 Å². The maximum atomic E-state index is 10.4. The van der Waals surface area contributed by atoms with E-state index in [-0.39, 0.29) is 10.8 Å². The largest absolute Gasteiger partial charge is 0.446 e. The number of anilines is 1. The zero-order chi connectivity index (χ0) is 22.9. The van der Waals surface area contributed by atoms with Crippen LogP contribution in [0, 0.1) is 0 Å². The van der Waals surface area contributed by atoms with Crippen LogP contribution in [0.5, 0.6) is 0 Å². The number of rotatable bonds is 2. The van der Waals surface area contributed by atoms with Crippen LogP contribution in [0.3, 0.4) is 0 Å². The summed E-state index contributed by atoms with van der Waals surface area (Å²) in [5, 5.41) is 6.79. The Morgan fingerprint density at radius 3 is 2.23 bits per heavy atom. The van der Waals surface area contributed by atoms with Crippen LogP contribution >= 0.6 is 11.3 Å². The summed E-state index contributed by atoms with van der Waals surface area (Å²) in [6.45, 7) is 13.7. The molecule has 1 aromatic carbocycles. The lowest BCUT2D eigenvalue weighted by Gasteiger charge is -2.42. The van der Waals surface area contributed by atoms with E-state index in [1.165, 1.54) is 29.5 Å².